The minimum atomic E-state index is -4.38. The van der Waals surface area contributed by atoms with Gasteiger partial charge in [-0.05, 0) is 43.5 Å². The van der Waals surface area contributed by atoms with Crippen LogP contribution in [0.25, 0.3) is 0 Å². The number of hydrogen-bond acceptors (Lipinski definition) is 4. The lowest BCUT2D eigenvalue weighted by Gasteiger charge is -2.47. The molecule has 0 unspecified atom stereocenters. The van der Waals surface area contributed by atoms with Crippen molar-refractivity contribution in [3.8, 4) is 0 Å². The van der Waals surface area contributed by atoms with Gasteiger partial charge in [0, 0.05) is 43.3 Å². The number of likely N-dealkylation sites (tertiary alicyclic amines) is 1. The number of rotatable bonds is 5. The van der Waals surface area contributed by atoms with Crippen molar-refractivity contribution < 1.29 is 18.0 Å². The van der Waals surface area contributed by atoms with E-state index in [0.717, 1.165) is 22.5 Å². The lowest BCUT2D eigenvalue weighted by Crippen LogP contribution is -2.55. The van der Waals surface area contributed by atoms with E-state index in [4.69, 9.17) is 4.98 Å². The number of alkyl halides is 3. The fourth-order valence-electron chi connectivity index (χ4n) is 4.66. The summed E-state index contributed by atoms with van der Waals surface area (Å²) in [6, 6.07) is 15.3. The lowest BCUT2D eigenvalue weighted by molar-refractivity contribution is -0.138. The molecular weight excluding hydrogens is 447 g/mol. The van der Waals surface area contributed by atoms with Crippen LogP contribution in [0.3, 0.4) is 0 Å². The molecule has 0 atom stereocenters. The van der Waals surface area contributed by atoms with Gasteiger partial charge in [0.15, 0.2) is 0 Å². The van der Waals surface area contributed by atoms with Crippen molar-refractivity contribution in [2.45, 2.75) is 44.9 Å². The number of amides is 1. The smallest absolute Gasteiger partial charge is 0.300 e. The molecular formula is C25H26F3N3OS. The highest BCUT2D eigenvalue weighted by Gasteiger charge is 2.46. The Kier molecular flexibility index (Phi) is 6.59. The van der Waals surface area contributed by atoms with Gasteiger partial charge in [-0.3, -0.25) is 14.6 Å². The number of piperidine rings is 1. The molecule has 1 aliphatic rings. The molecule has 1 saturated heterocycles. The van der Waals surface area contributed by atoms with Crippen LogP contribution in [0, 0.1) is 6.92 Å². The molecule has 0 aliphatic carbocycles. The minimum Gasteiger partial charge on any atom is -0.300 e. The van der Waals surface area contributed by atoms with Crippen LogP contribution in [0.15, 0.2) is 60.0 Å². The second-order valence-corrected chi connectivity index (χ2v) is 9.30. The molecule has 2 heterocycles. The number of anilines is 1. The van der Waals surface area contributed by atoms with Crippen LogP contribution in [0.1, 0.15) is 41.6 Å². The maximum absolute atomic E-state index is 13.5. The van der Waals surface area contributed by atoms with Crippen molar-refractivity contribution in [3.63, 3.8) is 0 Å². The highest BCUT2D eigenvalue weighted by atomic mass is 32.1. The van der Waals surface area contributed by atoms with Gasteiger partial charge in [0.2, 0.25) is 5.91 Å². The van der Waals surface area contributed by atoms with Crippen LogP contribution in [-0.4, -0.2) is 28.9 Å². The first-order chi connectivity index (χ1) is 15.7. The van der Waals surface area contributed by atoms with Gasteiger partial charge in [0.25, 0.3) is 0 Å². The fourth-order valence-corrected chi connectivity index (χ4v) is 5.71. The molecule has 174 valence electrons. The first-order valence-electron chi connectivity index (χ1n) is 10.9. The number of aryl methyl sites for hydroxylation is 1. The molecule has 0 saturated carbocycles. The Morgan fingerprint density at radius 2 is 1.73 bits per heavy atom. The Morgan fingerprint density at radius 1 is 1.09 bits per heavy atom. The van der Waals surface area contributed by atoms with Crippen molar-refractivity contribution in [2.75, 3.05) is 18.0 Å². The maximum Gasteiger partial charge on any atom is 0.416 e. The van der Waals surface area contributed by atoms with E-state index in [9.17, 15) is 18.0 Å². The molecule has 0 N–H and O–H groups in total. The van der Waals surface area contributed by atoms with Gasteiger partial charge in [-0.15, -0.1) is 11.3 Å². The van der Waals surface area contributed by atoms with Gasteiger partial charge in [-0.1, -0.05) is 36.4 Å². The van der Waals surface area contributed by atoms with Crippen molar-refractivity contribution in [1.82, 2.24) is 9.88 Å². The van der Waals surface area contributed by atoms with Gasteiger partial charge >= 0.3 is 6.18 Å². The second-order valence-electron chi connectivity index (χ2n) is 8.45. The van der Waals surface area contributed by atoms with E-state index < -0.39 is 17.3 Å². The normalized spacial score (nSPS) is 16.5. The van der Waals surface area contributed by atoms with Gasteiger partial charge in [-0.2, -0.15) is 13.2 Å². The summed E-state index contributed by atoms with van der Waals surface area (Å²) in [6.45, 7) is 4.82. The number of aromatic nitrogens is 1. The molecule has 3 aromatic rings. The summed E-state index contributed by atoms with van der Waals surface area (Å²) in [6.07, 6.45) is -3.21. The Bertz CT molecular complexity index is 1110. The van der Waals surface area contributed by atoms with E-state index in [0.29, 0.717) is 25.9 Å². The molecule has 4 nitrogen and oxygen atoms in total. The zero-order valence-electron chi connectivity index (χ0n) is 18.6. The second kappa shape index (κ2) is 9.27. The summed E-state index contributed by atoms with van der Waals surface area (Å²) >= 11 is 1.53. The van der Waals surface area contributed by atoms with E-state index >= 15 is 0 Å². The van der Waals surface area contributed by atoms with E-state index in [1.165, 1.54) is 17.4 Å². The molecule has 8 heteroatoms. The zero-order valence-corrected chi connectivity index (χ0v) is 19.4. The van der Waals surface area contributed by atoms with Crippen molar-refractivity contribution in [3.05, 3.63) is 81.8 Å². The van der Waals surface area contributed by atoms with Crippen molar-refractivity contribution in [2.24, 2.45) is 0 Å². The third kappa shape index (κ3) is 4.82. The van der Waals surface area contributed by atoms with Crippen molar-refractivity contribution in [1.29, 1.82) is 0 Å². The Labute approximate surface area is 195 Å². The predicted molar refractivity (Wildman–Crippen MR) is 124 cm³/mol. The topological polar surface area (TPSA) is 36.4 Å². The Hall–Kier alpha value is -2.71. The first-order valence-corrected chi connectivity index (χ1v) is 11.7. The van der Waals surface area contributed by atoms with Crippen LogP contribution in [0.2, 0.25) is 0 Å². The number of carbonyl (C=O) groups is 1. The monoisotopic (exact) mass is 473 g/mol. The molecule has 33 heavy (non-hydrogen) atoms. The predicted octanol–water partition coefficient (Wildman–Crippen LogP) is 6.01. The molecule has 1 aliphatic heterocycles. The van der Waals surface area contributed by atoms with Gasteiger partial charge < -0.3 is 0 Å². The molecule has 1 fully saturated rings. The van der Waals surface area contributed by atoms with Crippen molar-refractivity contribution >= 4 is 22.9 Å². The van der Waals surface area contributed by atoms with Gasteiger partial charge in [0.05, 0.1) is 5.56 Å². The molecule has 0 spiro atoms. The number of nitrogens with zero attached hydrogens (tertiary/aromatic N) is 3. The maximum atomic E-state index is 13.5. The van der Waals surface area contributed by atoms with Crippen LogP contribution >= 0.6 is 11.3 Å². The SMILES string of the molecule is CC(=O)N(c1ccccc1)C1(c2nc(C)cs2)CCN(Cc2ccccc2C(F)(F)F)CC1. The first kappa shape index (κ1) is 23.4. The van der Waals surface area contributed by atoms with E-state index in [1.54, 1.807) is 19.1 Å². The highest BCUT2D eigenvalue weighted by molar-refractivity contribution is 7.09. The van der Waals surface area contributed by atoms with Crippen LogP contribution in [0.4, 0.5) is 18.9 Å². The number of thiazole rings is 1. The highest BCUT2D eigenvalue weighted by Crippen LogP contribution is 2.43. The standard InChI is InChI=1S/C25H26F3N3OS/c1-18-17-33-23(29-18)24(31(19(2)32)21-9-4-3-5-10-21)12-14-30(15-13-24)16-20-8-6-7-11-22(20)25(26,27)28/h3-11,17H,12-16H2,1-2H3. The molecule has 1 aromatic heterocycles. The average Bonchev–Trinajstić information content (AvgIpc) is 3.22. The lowest BCUT2D eigenvalue weighted by atomic mass is 9.85. The van der Waals surface area contributed by atoms with Crippen LogP contribution in [0.5, 0.6) is 0 Å². The quantitative estimate of drug-likeness (QED) is 0.455. The van der Waals surface area contributed by atoms with Crippen LogP contribution < -0.4 is 4.90 Å². The molecule has 0 bridgehead atoms. The third-order valence-corrected chi connectivity index (χ3v) is 7.33. The number of benzene rings is 2. The van der Waals surface area contributed by atoms with E-state index in [1.807, 2.05) is 52.4 Å². The van der Waals surface area contributed by atoms with Gasteiger partial charge in [-0.25, -0.2) is 4.98 Å². The summed E-state index contributed by atoms with van der Waals surface area (Å²) in [7, 11) is 0. The Morgan fingerprint density at radius 3 is 2.30 bits per heavy atom. The summed E-state index contributed by atoms with van der Waals surface area (Å²) in [5.41, 5.74) is 0.744. The minimum absolute atomic E-state index is 0.0788. The van der Waals surface area contributed by atoms with E-state index in [2.05, 4.69) is 0 Å². The van der Waals surface area contributed by atoms with Crippen LogP contribution in [-0.2, 0) is 23.1 Å². The summed E-state index contributed by atoms with van der Waals surface area (Å²) < 4.78 is 40.4. The largest absolute Gasteiger partial charge is 0.416 e. The molecule has 1 amide bonds. The number of hydrogen-bond donors (Lipinski definition) is 0. The number of para-hydroxylation sites is 1. The molecule has 2 aromatic carbocycles. The summed E-state index contributed by atoms with van der Waals surface area (Å²) in [4.78, 5) is 21.5. The fraction of sp³-hybridized carbons (Fsp3) is 0.360. The number of carbonyl (C=O) groups excluding carboxylic acids is 1. The molecule has 4 rings (SSSR count). The molecule has 0 radical (unpaired) electrons. The summed E-state index contributed by atoms with van der Waals surface area (Å²) in [5.74, 6) is -0.0788. The Balaban J connectivity index is 1.64. The average molecular weight is 474 g/mol. The summed E-state index contributed by atoms with van der Waals surface area (Å²) in [5, 5.41) is 2.85. The zero-order chi connectivity index (χ0) is 23.6. The number of halogens is 3. The van der Waals surface area contributed by atoms with E-state index in [-0.39, 0.29) is 18.0 Å². The third-order valence-electron chi connectivity index (χ3n) is 6.17. The van der Waals surface area contributed by atoms with Gasteiger partial charge in [0.1, 0.15) is 10.5 Å².